The summed E-state index contributed by atoms with van der Waals surface area (Å²) in [7, 11) is 3.03. The second kappa shape index (κ2) is 8.08. The predicted octanol–water partition coefficient (Wildman–Crippen LogP) is 4.14. The van der Waals surface area contributed by atoms with E-state index < -0.39 is 23.5 Å². The monoisotopic (exact) mass is 425 g/mol. The normalized spacial score (nSPS) is 16.3. The molecule has 1 amide bonds. The van der Waals surface area contributed by atoms with Gasteiger partial charge in [-0.25, -0.2) is 0 Å². The van der Waals surface area contributed by atoms with Crippen molar-refractivity contribution in [2.24, 2.45) is 0 Å². The van der Waals surface area contributed by atoms with E-state index in [9.17, 15) is 14.7 Å². The molecule has 8 heteroatoms. The maximum atomic E-state index is 13.3. The molecular weight excluding hydrogens is 406 g/mol. The molecule has 0 spiro atoms. The first-order chi connectivity index (χ1) is 14.5. The van der Waals surface area contributed by atoms with Crippen molar-refractivity contribution in [3.8, 4) is 11.5 Å². The summed E-state index contributed by atoms with van der Waals surface area (Å²) in [5.41, 5.74) is 0.529. The van der Waals surface area contributed by atoms with E-state index in [1.54, 1.807) is 47.8 Å². The number of rotatable bonds is 7. The van der Waals surface area contributed by atoms with Crippen molar-refractivity contribution in [1.82, 2.24) is 4.90 Å². The van der Waals surface area contributed by atoms with Crippen LogP contribution in [0.15, 0.2) is 69.9 Å². The number of benzene rings is 1. The lowest BCUT2D eigenvalue weighted by atomic mass is 9.94. The molecule has 0 saturated heterocycles. The lowest BCUT2D eigenvalue weighted by molar-refractivity contribution is -0.130. The number of aliphatic hydroxyl groups is 1. The third kappa shape index (κ3) is 3.35. The molecular formula is C22H19NO6S. The minimum Gasteiger partial charge on any atom is -0.503 e. The Labute approximate surface area is 176 Å². The minimum atomic E-state index is -0.873. The van der Waals surface area contributed by atoms with Gasteiger partial charge in [0, 0.05) is 5.56 Å². The van der Waals surface area contributed by atoms with Crippen LogP contribution >= 0.6 is 11.3 Å². The number of carbonyl (C=O) groups excluding carboxylic acids is 2. The number of nitrogens with zero attached hydrogens (tertiary/aromatic N) is 1. The SMILES string of the molecule is COc1ccc(OC)c(C2C(C(=O)c3cccs3)=C(O)C(=O)N2Cc2ccco2)c1. The highest BCUT2D eigenvalue weighted by atomic mass is 32.1. The van der Waals surface area contributed by atoms with E-state index in [0.717, 1.165) is 0 Å². The van der Waals surface area contributed by atoms with E-state index in [4.69, 9.17) is 13.9 Å². The number of furan rings is 1. The highest BCUT2D eigenvalue weighted by Crippen LogP contribution is 2.44. The van der Waals surface area contributed by atoms with Crippen LogP contribution in [-0.2, 0) is 11.3 Å². The molecule has 7 nitrogen and oxygen atoms in total. The molecule has 0 bridgehead atoms. The fraction of sp³-hybridized carbons (Fsp3) is 0.182. The van der Waals surface area contributed by atoms with Gasteiger partial charge in [-0.1, -0.05) is 6.07 Å². The zero-order valence-corrected chi connectivity index (χ0v) is 17.1. The first-order valence-electron chi connectivity index (χ1n) is 9.11. The van der Waals surface area contributed by atoms with Gasteiger partial charge in [-0.3, -0.25) is 9.59 Å². The zero-order chi connectivity index (χ0) is 21.3. The van der Waals surface area contributed by atoms with Gasteiger partial charge in [-0.2, -0.15) is 0 Å². The number of methoxy groups -OCH3 is 2. The van der Waals surface area contributed by atoms with Gasteiger partial charge in [0.2, 0.25) is 5.78 Å². The van der Waals surface area contributed by atoms with Gasteiger partial charge in [0.1, 0.15) is 17.3 Å². The quantitative estimate of drug-likeness (QED) is 0.573. The number of thiophene rings is 1. The third-order valence-electron chi connectivity index (χ3n) is 4.93. The van der Waals surface area contributed by atoms with Gasteiger partial charge in [-0.05, 0) is 41.8 Å². The maximum Gasteiger partial charge on any atom is 0.290 e. The van der Waals surface area contributed by atoms with E-state index in [2.05, 4.69) is 0 Å². The molecule has 2 aromatic heterocycles. The van der Waals surface area contributed by atoms with E-state index in [0.29, 0.717) is 27.7 Å². The maximum absolute atomic E-state index is 13.3. The zero-order valence-electron chi connectivity index (χ0n) is 16.3. The molecule has 4 rings (SSSR count). The number of ether oxygens (including phenoxy) is 2. The first-order valence-corrected chi connectivity index (χ1v) is 9.99. The van der Waals surface area contributed by atoms with Crippen LogP contribution in [0.1, 0.15) is 27.0 Å². The van der Waals surface area contributed by atoms with Crippen LogP contribution in [-0.4, -0.2) is 35.9 Å². The largest absolute Gasteiger partial charge is 0.503 e. The molecule has 1 aliphatic heterocycles. The number of Topliss-reactive ketones (excluding diaryl/α,β-unsaturated/α-hetero) is 1. The molecule has 3 heterocycles. The third-order valence-corrected chi connectivity index (χ3v) is 5.80. The molecule has 0 aliphatic carbocycles. The van der Waals surface area contributed by atoms with Crippen molar-refractivity contribution in [2.45, 2.75) is 12.6 Å². The van der Waals surface area contributed by atoms with Crippen molar-refractivity contribution >= 4 is 23.0 Å². The van der Waals surface area contributed by atoms with Crippen LogP contribution in [0.2, 0.25) is 0 Å². The molecule has 3 aromatic rings. The summed E-state index contributed by atoms with van der Waals surface area (Å²) in [4.78, 5) is 28.1. The Kier molecular flexibility index (Phi) is 5.33. The molecule has 1 aliphatic rings. The van der Waals surface area contributed by atoms with Crippen molar-refractivity contribution < 1.29 is 28.6 Å². The summed E-state index contributed by atoms with van der Waals surface area (Å²) in [6.07, 6.45) is 1.50. The highest BCUT2D eigenvalue weighted by molar-refractivity contribution is 7.12. The molecule has 1 atom stereocenters. The lowest BCUT2D eigenvalue weighted by Gasteiger charge is -2.27. The standard InChI is InChI=1S/C22H19NO6S/c1-27-13-7-8-16(28-2)15(11-13)19-18(20(24)17-6-4-10-30-17)21(25)22(26)23(19)12-14-5-3-9-29-14/h3-11,19,25H,12H2,1-2H3. The Morgan fingerprint density at radius 1 is 1.20 bits per heavy atom. The van der Waals surface area contributed by atoms with Crippen molar-refractivity contribution in [1.29, 1.82) is 0 Å². The number of aliphatic hydroxyl groups excluding tert-OH is 1. The molecule has 154 valence electrons. The number of hydrogen-bond donors (Lipinski definition) is 1. The van der Waals surface area contributed by atoms with Crippen LogP contribution < -0.4 is 9.47 Å². The average molecular weight is 425 g/mol. The predicted molar refractivity (Wildman–Crippen MR) is 110 cm³/mol. The first kappa shape index (κ1) is 19.8. The fourth-order valence-corrected chi connectivity index (χ4v) is 4.21. The van der Waals surface area contributed by atoms with Gasteiger partial charge in [0.15, 0.2) is 5.76 Å². The highest BCUT2D eigenvalue weighted by Gasteiger charge is 2.45. The molecule has 0 radical (unpaired) electrons. The molecule has 1 unspecified atom stereocenters. The Morgan fingerprint density at radius 2 is 2.03 bits per heavy atom. The Balaban J connectivity index is 1.88. The molecule has 1 N–H and O–H groups in total. The van der Waals surface area contributed by atoms with Gasteiger partial charge in [0.25, 0.3) is 5.91 Å². The molecule has 30 heavy (non-hydrogen) atoms. The van der Waals surface area contributed by atoms with E-state index in [1.807, 2.05) is 0 Å². The molecule has 0 saturated carbocycles. The summed E-state index contributed by atoms with van der Waals surface area (Å²) in [6.45, 7) is 0.0716. The van der Waals surface area contributed by atoms with Gasteiger partial charge in [-0.15, -0.1) is 11.3 Å². The van der Waals surface area contributed by atoms with Crippen LogP contribution in [0.5, 0.6) is 11.5 Å². The summed E-state index contributed by atoms with van der Waals surface area (Å²) in [5, 5.41) is 12.5. The summed E-state index contributed by atoms with van der Waals surface area (Å²) in [5.74, 6) is -0.119. The summed E-state index contributed by atoms with van der Waals surface area (Å²) in [6, 6.07) is 11.1. The topological polar surface area (TPSA) is 89.2 Å². The van der Waals surface area contributed by atoms with Crippen molar-refractivity contribution in [3.05, 3.63) is 81.6 Å². The number of hydrogen-bond acceptors (Lipinski definition) is 7. The van der Waals surface area contributed by atoms with Crippen molar-refractivity contribution in [3.63, 3.8) is 0 Å². The van der Waals surface area contributed by atoms with E-state index in [1.165, 1.54) is 36.7 Å². The summed E-state index contributed by atoms with van der Waals surface area (Å²) < 4.78 is 16.2. The van der Waals surface area contributed by atoms with Gasteiger partial charge >= 0.3 is 0 Å². The molecule has 1 aromatic carbocycles. The number of amides is 1. The van der Waals surface area contributed by atoms with E-state index >= 15 is 0 Å². The second-order valence-electron chi connectivity index (χ2n) is 6.59. The lowest BCUT2D eigenvalue weighted by Crippen LogP contribution is -2.30. The van der Waals surface area contributed by atoms with Crippen LogP contribution in [0.3, 0.4) is 0 Å². The van der Waals surface area contributed by atoms with Crippen LogP contribution in [0.25, 0.3) is 0 Å². The minimum absolute atomic E-state index is 0.000518. The Morgan fingerprint density at radius 3 is 2.67 bits per heavy atom. The molecule has 0 fully saturated rings. The van der Waals surface area contributed by atoms with Crippen LogP contribution in [0, 0.1) is 0 Å². The number of carbonyl (C=O) groups is 2. The van der Waals surface area contributed by atoms with E-state index in [-0.39, 0.29) is 12.1 Å². The Bertz CT molecular complexity index is 1100. The van der Waals surface area contributed by atoms with Crippen LogP contribution in [0.4, 0.5) is 0 Å². The average Bonchev–Trinajstić information content (AvgIpc) is 3.52. The summed E-state index contributed by atoms with van der Waals surface area (Å²) >= 11 is 1.24. The Hall–Kier alpha value is -3.52. The second-order valence-corrected chi connectivity index (χ2v) is 7.54. The number of ketones is 1. The van der Waals surface area contributed by atoms with Gasteiger partial charge < -0.3 is 23.9 Å². The fourth-order valence-electron chi connectivity index (χ4n) is 3.54. The van der Waals surface area contributed by atoms with Crippen molar-refractivity contribution in [2.75, 3.05) is 14.2 Å². The van der Waals surface area contributed by atoms with Gasteiger partial charge in [0.05, 0.1) is 43.5 Å². The smallest absolute Gasteiger partial charge is 0.290 e.